The van der Waals surface area contributed by atoms with Crippen molar-refractivity contribution in [1.82, 2.24) is 9.55 Å². The van der Waals surface area contributed by atoms with E-state index in [0.29, 0.717) is 31.2 Å². The molecule has 1 aromatic rings. The molecular formula is C15H23N3O3. The van der Waals surface area contributed by atoms with Gasteiger partial charge in [0.2, 0.25) is 0 Å². The standard InChI is InChI=1S/C15H23N3O3/c1-11(2)10-17-9-7-16-13(14(17)19)18-8-5-4-6-12(18)15(20)21-3/h7,9,11-12H,4-6,8,10H2,1-3H3. The summed E-state index contributed by atoms with van der Waals surface area (Å²) in [6, 6.07) is -0.404. The number of carbonyl (C=O) groups excluding carboxylic acids is 1. The number of methoxy groups -OCH3 is 1. The summed E-state index contributed by atoms with van der Waals surface area (Å²) in [6.45, 7) is 5.42. The van der Waals surface area contributed by atoms with Crippen LogP contribution in [0.4, 0.5) is 5.82 Å². The second-order valence-electron chi connectivity index (χ2n) is 5.83. The third kappa shape index (κ3) is 3.43. The molecule has 1 fully saturated rings. The highest BCUT2D eigenvalue weighted by atomic mass is 16.5. The van der Waals surface area contributed by atoms with Crippen LogP contribution in [0.25, 0.3) is 0 Å². The van der Waals surface area contributed by atoms with E-state index in [1.807, 2.05) is 0 Å². The molecule has 0 radical (unpaired) electrons. The molecule has 0 aliphatic carbocycles. The molecule has 0 spiro atoms. The summed E-state index contributed by atoms with van der Waals surface area (Å²) < 4.78 is 6.52. The first-order valence-electron chi connectivity index (χ1n) is 7.44. The summed E-state index contributed by atoms with van der Waals surface area (Å²) in [5.41, 5.74) is -0.137. The molecule has 0 aromatic carbocycles. The van der Waals surface area contributed by atoms with Crippen LogP contribution in [0.3, 0.4) is 0 Å². The van der Waals surface area contributed by atoms with Crippen molar-refractivity contribution in [3.05, 3.63) is 22.7 Å². The van der Waals surface area contributed by atoms with Gasteiger partial charge in [-0.25, -0.2) is 9.78 Å². The number of carbonyl (C=O) groups is 1. The molecule has 21 heavy (non-hydrogen) atoms. The predicted molar refractivity (Wildman–Crippen MR) is 80.3 cm³/mol. The summed E-state index contributed by atoms with van der Waals surface area (Å²) in [6.07, 6.45) is 5.94. The van der Waals surface area contributed by atoms with Crippen LogP contribution in [-0.2, 0) is 16.1 Å². The Labute approximate surface area is 124 Å². The van der Waals surface area contributed by atoms with Crippen LogP contribution in [0.1, 0.15) is 33.1 Å². The van der Waals surface area contributed by atoms with Gasteiger partial charge in [-0.1, -0.05) is 13.8 Å². The van der Waals surface area contributed by atoms with Crippen molar-refractivity contribution in [3.63, 3.8) is 0 Å². The minimum absolute atomic E-state index is 0.137. The maximum absolute atomic E-state index is 12.6. The van der Waals surface area contributed by atoms with E-state index >= 15 is 0 Å². The van der Waals surface area contributed by atoms with Crippen molar-refractivity contribution in [3.8, 4) is 0 Å². The lowest BCUT2D eigenvalue weighted by Gasteiger charge is -2.34. The van der Waals surface area contributed by atoms with E-state index in [1.165, 1.54) is 7.11 Å². The average Bonchev–Trinajstić information content (AvgIpc) is 2.48. The van der Waals surface area contributed by atoms with E-state index in [0.717, 1.165) is 12.8 Å². The number of esters is 1. The Balaban J connectivity index is 2.35. The van der Waals surface area contributed by atoms with Gasteiger partial charge in [0.05, 0.1) is 7.11 Å². The van der Waals surface area contributed by atoms with Crippen LogP contribution in [0.5, 0.6) is 0 Å². The molecule has 2 rings (SSSR count). The van der Waals surface area contributed by atoms with E-state index in [9.17, 15) is 9.59 Å². The molecule has 1 unspecified atom stereocenters. The van der Waals surface area contributed by atoms with Gasteiger partial charge in [-0.15, -0.1) is 0 Å². The van der Waals surface area contributed by atoms with Crippen LogP contribution in [-0.4, -0.2) is 35.2 Å². The molecule has 0 saturated carbocycles. The Morgan fingerprint density at radius 3 is 2.90 bits per heavy atom. The topological polar surface area (TPSA) is 64.4 Å². The number of aromatic nitrogens is 2. The van der Waals surface area contributed by atoms with Crippen molar-refractivity contribution >= 4 is 11.8 Å². The fraction of sp³-hybridized carbons (Fsp3) is 0.667. The molecule has 0 bridgehead atoms. The third-order valence-corrected chi connectivity index (χ3v) is 3.71. The summed E-state index contributed by atoms with van der Waals surface area (Å²) in [7, 11) is 1.38. The lowest BCUT2D eigenvalue weighted by Crippen LogP contribution is -2.48. The first-order chi connectivity index (χ1) is 10.0. The molecule has 2 heterocycles. The maximum atomic E-state index is 12.6. The van der Waals surface area contributed by atoms with Gasteiger partial charge < -0.3 is 14.2 Å². The van der Waals surface area contributed by atoms with E-state index in [-0.39, 0.29) is 11.5 Å². The second kappa shape index (κ2) is 6.74. The number of ether oxygens (including phenoxy) is 1. The van der Waals surface area contributed by atoms with Gasteiger partial charge in [-0.2, -0.15) is 0 Å². The van der Waals surface area contributed by atoms with Gasteiger partial charge in [0, 0.05) is 25.5 Å². The largest absolute Gasteiger partial charge is 0.467 e. The van der Waals surface area contributed by atoms with E-state index in [2.05, 4.69) is 18.8 Å². The zero-order chi connectivity index (χ0) is 15.4. The van der Waals surface area contributed by atoms with Crippen molar-refractivity contribution in [2.45, 2.75) is 45.7 Å². The first kappa shape index (κ1) is 15.5. The fourth-order valence-electron chi connectivity index (χ4n) is 2.74. The molecule has 6 heteroatoms. The number of nitrogens with zero attached hydrogens (tertiary/aromatic N) is 3. The lowest BCUT2D eigenvalue weighted by molar-refractivity contribution is -0.142. The minimum Gasteiger partial charge on any atom is -0.467 e. The van der Waals surface area contributed by atoms with Gasteiger partial charge in [0.1, 0.15) is 6.04 Å². The zero-order valence-corrected chi connectivity index (χ0v) is 12.9. The van der Waals surface area contributed by atoms with Gasteiger partial charge in [0.25, 0.3) is 5.56 Å². The predicted octanol–water partition coefficient (Wildman–Crippen LogP) is 1.43. The fourth-order valence-corrected chi connectivity index (χ4v) is 2.74. The molecule has 6 nitrogen and oxygen atoms in total. The van der Waals surface area contributed by atoms with Crippen LogP contribution in [0.15, 0.2) is 17.2 Å². The molecule has 0 amide bonds. The molecule has 1 aliphatic rings. The van der Waals surface area contributed by atoms with Gasteiger partial charge in [0.15, 0.2) is 5.82 Å². The smallest absolute Gasteiger partial charge is 0.328 e. The molecule has 1 atom stereocenters. The molecule has 1 aromatic heterocycles. The Morgan fingerprint density at radius 2 is 2.24 bits per heavy atom. The van der Waals surface area contributed by atoms with E-state index < -0.39 is 6.04 Å². The van der Waals surface area contributed by atoms with Gasteiger partial charge in [-0.05, 0) is 25.2 Å². The second-order valence-corrected chi connectivity index (χ2v) is 5.83. The van der Waals surface area contributed by atoms with Crippen molar-refractivity contribution in [2.75, 3.05) is 18.6 Å². The highest BCUT2D eigenvalue weighted by molar-refractivity contribution is 5.79. The Kier molecular flexibility index (Phi) is 4.98. The molecule has 1 aliphatic heterocycles. The number of hydrogen-bond donors (Lipinski definition) is 0. The van der Waals surface area contributed by atoms with Crippen LogP contribution in [0, 0.1) is 5.92 Å². The minimum atomic E-state index is -0.404. The van der Waals surface area contributed by atoms with Crippen molar-refractivity contribution < 1.29 is 9.53 Å². The number of anilines is 1. The highest BCUT2D eigenvalue weighted by Gasteiger charge is 2.32. The van der Waals surface area contributed by atoms with E-state index in [1.54, 1.807) is 21.9 Å². The first-order valence-corrected chi connectivity index (χ1v) is 7.44. The number of hydrogen-bond acceptors (Lipinski definition) is 5. The Morgan fingerprint density at radius 1 is 1.48 bits per heavy atom. The van der Waals surface area contributed by atoms with Gasteiger partial charge >= 0.3 is 5.97 Å². The van der Waals surface area contributed by atoms with Crippen molar-refractivity contribution in [2.24, 2.45) is 5.92 Å². The SMILES string of the molecule is COC(=O)C1CCCCN1c1nccn(CC(C)C)c1=O. The average molecular weight is 293 g/mol. The Hall–Kier alpha value is -1.85. The molecule has 1 saturated heterocycles. The summed E-state index contributed by atoms with van der Waals surface area (Å²) in [4.78, 5) is 30.5. The van der Waals surface area contributed by atoms with Gasteiger partial charge in [-0.3, -0.25) is 4.79 Å². The highest BCUT2D eigenvalue weighted by Crippen LogP contribution is 2.21. The zero-order valence-electron chi connectivity index (χ0n) is 12.9. The maximum Gasteiger partial charge on any atom is 0.328 e. The molecular weight excluding hydrogens is 270 g/mol. The molecule has 0 N–H and O–H groups in total. The monoisotopic (exact) mass is 293 g/mol. The summed E-state index contributed by atoms with van der Waals surface area (Å²) in [5.74, 6) is 0.430. The molecule has 116 valence electrons. The summed E-state index contributed by atoms with van der Waals surface area (Å²) in [5, 5.41) is 0. The van der Waals surface area contributed by atoms with Crippen LogP contribution in [0.2, 0.25) is 0 Å². The lowest BCUT2D eigenvalue weighted by atomic mass is 10.0. The normalized spacial score (nSPS) is 18.9. The number of piperidine rings is 1. The van der Waals surface area contributed by atoms with Crippen molar-refractivity contribution in [1.29, 1.82) is 0 Å². The number of rotatable bonds is 4. The third-order valence-electron chi connectivity index (χ3n) is 3.71. The summed E-state index contributed by atoms with van der Waals surface area (Å²) >= 11 is 0. The van der Waals surface area contributed by atoms with Crippen LogP contribution >= 0.6 is 0 Å². The van der Waals surface area contributed by atoms with E-state index in [4.69, 9.17) is 4.74 Å². The van der Waals surface area contributed by atoms with Crippen LogP contribution < -0.4 is 10.5 Å². The quantitative estimate of drug-likeness (QED) is 0.786. The Bertz CT molecular complexity index is 553.